The lowest BCUT2D eigenvalue weighted by atomic mass is 9.66. The minimum Gasteiger partial charge on any atom is -0.393 e. The van der Waals surface area contributed by atoms with Gasteiger partial charge in [-0.25, -0.2) is 9.97 Å². The highest BCUT2D eigenvalue weighted by Crippen LogP contribution is 2.48. The van der Waals surface area contributed by atoms with Crippen LogP contribution in [0.5, 0.6) is 0 Å². The second-order valence-corrected chi connectivity index (χ2v) is 6.72. The van der Waals surface area contributed by atoms with E-state index in [2.05, 4.69) is 15.3 Å². The molecule has 0 unspecified atom stereocenters. The van der Waals surface area contributed by atoms with E-state index in [1.54, 1.807) is 6.33 Å². The molecular formula is C17H21N3O2. The second-order valence-electron chi connectivity index (χ2n) is 6.72. The maximum absolute atomic E-state index is 9.52. The first-order valence-corrected chi connectivity index (χ1v) is 7.93. The average molecular weight is 299 g/mol. The fraction of sp³-hybridized carbons (Fsp3) is 0.529. The van der Waals surface area contributed by atoms with Crippen LogP contribution in [-0.4, -0.2) is 40.4 Å². The Morgan fingerprint density at radius 3 is 2.68 bits per heavy atom. The maximum atomic E-state index is 9.52. The largest absolute Gasteiger partial charge is 0.393 e. The number of rotatable bonds is 4. The van der Waals surface area contributed by atoms with Crippen LogP contribution in [0.3, 0.4) is 0 Å². The van der Waals surface area contributed by atoms with Gasteiger partial charge in [0.25, 0.3) is 0 Å². The van der Waals surface area contributed by atoms with E-state index in [1.807, 2.05) is 24.3 Å². The predicted octanol–water partition coefficient (Wildman–Crippen LogP) is 2.36. The number of nitrogens with zero attached hydrogens (tertiary/aromatic N) is 2. The first-order chi connectivity index (χ1) is 10.7. The van der Waals surface area contributed by atoms with Crippen molar-refractivity contribution in [3.05, 3.63) is 30.6 Å². The summed E-state index contributed by atoms with van der Waals surface area (Å²) in [6.07, 6.45) is 5.72. The number of para-hydroxylation sites is 1. The van der Waals surface area contributed by atoms with Gasteiger partial charge in [0.15, 0.2) is 0 Å². The van der Waals surface area contributed by atoms with Crippen molar-refractivity contribution in [1.82, 2.24) is 9.97 Å². The maximum Gasteiger partial charge on any atom is 0.137 e. The Morgan fingerprint density at radius 2 is 1.95 bits per heavy atom. The number of aromatic nitrogens is 2. The molecule has 3 fully saturated rings. The van der Waals surface area contributed by atoms with Gasteiger partial charge in [0.05, 0.1) is 24.3 Å². The lowest BCUT2D eigenvalue weighted by molar-refractivity contribution is -0.195. The van der Waals surface area contributed by atoms with Gasteiger partial charge in [0.2, 0.25) is 0 Å². The molecule has 0 amide bonds. The monoisotopic (exact) mass is 299 g/mol. The van der Waals surface area contributed by atoms with Crippen LogP contribution in [0.2, 0.25) is 0 Å². The smallest absolute Gasteiger partial charge is 0.137 e. The first-order valence-electron chi connectivity index (χ1n) is 7.93. The average Bonchev–Trinajstić information content (AvgIpc) is 2.61. The molecule has 2 aromatic rings. The predicted molar refractivity (Wildman–Crippen MR) is 84.7 cm³/mol. The number of ether oxygens (including phenoxy) is 1. The summed E-state index contributed by atoms with van der Waals surface area (Å²) >= 11 is 0. The minimum absolute atomic E-state index is 0.146. The van der Waals surface area contributed by atoms with Gasteiger partial charge in [0, 0.05) is 17.3 Å². The van der Waals surface area contributed by atoms with E-state index in [-0.39, 0.29) is 17.6 Å². The lowest BCUT2D eigenvalue weighted by Gasteiger charge is -2.52. The molecular weight excluding hydrogens is 278 g/mol. The van der Waals surface area contributed by atoms with E-state index in [9.17, 15) is 5.11 Å². The highest BCUT2D eigenvalue weighted by molar-refractivity contribution is 5.88. The van der Waals surface area contributed by atoms with E-state index < -0.39 is 0 Å². The topological polar surface area (TPSA) is 67.3 Å². The summed E-state index contributed by atoms with van der Waals surface area (Å²) < 4.78 is 5.97. The highest BCUT2D eigenvalue weighted by atomic mass is 16.5. The minimum atomic E-state index is -0.261. The first kappa shape index (κ1) is 13.9. The number of benzene rings is 1. The Hall–Kier alpha value is -1.72. The zero-order chi connectivity index (χ0) is 15.0. The van der Waals surface area contributed by atoms with Crippen molar-refractivity contribution in [3.8, 4) is 0 Å². The number of hydrogen-bond acceptors (Lipinski definition) is 5. The molecule has 116 valence electrons. The molecule has 1 aromatic heterocycles. The van der Waals surface area contributed by atoms with Crippen molar-refractivity contribution in [3.63, 3.8) is 0 Å². The van der Waals surface area contributed by atoms with Gasteiger partial charge in [-0.2, -0.15) is 0 Å². The summed E-state index contributed by atoms with van der Waals surface area (Å²) in [5.41, 5.74) is 0.868. The number of fused-ring (bicyclic) bond motifs is 4. The summed E-state index contributed by atoms with van der Waals surface area (Å²) in [6, 6.07) is 8.04. The molecule has 2 N–H and O–H groups in total. The number of nitrogens with one attached hydrogen (secondary N) is 1. The van der Waals surface area contributed by atoms with Gasteiger partial charge < -0.3 is 15.2 Å². The molecule has 1 aromatic carbocycles. The standard InChI is InChI=1S/C17H21N3O2/c21-10-17-7-5-16(6-8-17,11-22-17)9-18-15-13-3-1-2-4-14(13)19-12-20-15/h1-4,12,21H,5-11H2,(H,18,19,20). The van der Waals surface area contributed by atoms with Crippen molar-refractivity contribution in [1.29, 1.82) is 0 Å². The van der Waals surface area contributed by atoms with Gasteiger partial charge >= 0.3 is 0 Å². The lowest BCUT2D eigenvalue weighted by Crippen LogP contribution is -2.55. The number of hydrogen-bond donors (Lipinski definition) is 2. The SMILES string of the molecule is OCC12CCC(CNc3ncnc4ccccc34)(CC1)CO2. The van der Waals surface area contributed by atoms with Gasteiger partial charge in [-0.1, -0.05) is 12.1 Å². The van der Waals surface area contributed by atoms with Crippen molar-refractivity contribution >= 4 is 16.7 Å². The number of aliphatic hydroxyl groups excluding tert-OH is 1. The molecule has 0 spiro atoms. The van der Waals surface area contributed by atoms with E-state index in [0.29, 0.717) is 0 Å². The molecule has 0 radical (unpaired) electrons. The molecule has 0 atom stereocenters. The van der Waals surface area contributed by atoms with E-state index in [0.717, 1.165) is 55.6 Å². The summed E-state index contributed by atoms with van der Waals surface area (Å²) in [5, 5.41) is 14.1. The van der Waals surface area contributed by atoms with Crippen LogP contribution >= 0.6 is 0 Å². The fourth-order valence-corrected chi connectivity index (χ4v) is 3.68. The van der Waals surface area contributed by atoms with E-state index in [4.69, 9.17) is 4.74 Å². The normalized spacial score (nSPS) is 30.6. The number of anilines is 1. The van der Waals surface area contributed by atoms with Gasteiger partial charge in [0.1, 0.15) is 12.1 Å². The summed E-state index contributed by atoms with van der Waals surface area (Å²) in [4.78, 5) is 8.69. The zero-order valence-corrected chi connectivity index (χ0v) is 12.6. The molecule has 2 aliphatic heterocycles. The van der Waals surface area contributed by atoms with Crippen LogP contribution in [0.4, 0.5) is 5.82 Å². The van der Waals surface area contributed by atoms with E-state index >= 15 is 0 Å². The van der Waals surface area contributed by atoms with Crippen LogP contribution in [0.15, 0.2) is 30.6 Å². The van der Waals surface area contributed by atoms with Crippen LogP contribution in [0, 0.1) is 5.41 Å². The molecule has 1 saturated carbocycles. The molecule has 5 heteroatoms. The van der Waals surface area contributed by atoms with E-state index in [1.165, 1.54) is 0 Å². The third-order valence-corrected chi connectivity index (χ3v) is 5.37. The third kappa shape index (κ3) is 2.25. The Kier molecular flexibility index (Phi) is 3.27. The van der Waals surface area contributed by atoms with Crippen molar-refractivity contribution in [2.24, 2.45) is 5.41 Å². The zero-order valence-electron chi connectivity index (χ0n) is 12.6. The highest BCUT2D eigenvalue weighted by Gasteiger charge is 2.49. The fourth-order valence-electron chi connectivity index (χ4n) is 3.68. The third-order valence-electron chi connectivity index (χ3n) is 5.37. The van der Waals surface area contributed by atoms with Crippen molar-refractivity contribution in [2.75, 3.05) is 25.1 Å². The Balaban J connectivity index is 1.51. The van der Waals surface area contributed by atoms with Crippen LogP contribution in [0.1, 0.15) is 25.7 Å². The molecule has 5 rings (SSSR count). The quantitative estimate of drug-likeness (QED) is 0.907. The summed E-state index contributed by atoms with van der Waals surface area (Å²) in [6.45, 7) is 1.73. The van der Waals surface area contributed by atoms with Gasteiger partial charge in [-0.3, -0.25) is 0 Å². The van der Waals surface area contributed by atoms with Crippen molar-refractivity contribution < 1.29 is 9.84 Å². The molecule has 3 heterocycles. The van der Waals surface area contributed by atoms with Crippen LogP contribution in [0.25, 0.3) is 10.9 Å². The van der Waals surface area contributed by atoms with Crippen LogP contribution < -0.4 is 5.32 Å². The van der Waals surface area contributed by atoms with Crippen LogP contribution in [-0.2, 0) is 4.74 Å². The van der Waals surface area contributed by atoms with Crippen molar-refractivity contribution in [2.45, 2.75) is 31.3 Å². The Labute approximate surface area is 129 Å². The molecule has 1 aliphatic carbocycles. The molecule has 2 saturated heterocycles. The molecule has 2 bridgehead atoms. The Morgan fingerprint density at radius 1 is 1.14 bits per heavy atom. The molecule has 5 nitrogen and oxygen atoms in total. The summed E-state index contributed by atoms with van der Waals surface area (Å²) in [5.74, 6) is 0.893. The Bertz CT molecular complexity index is 659. The van der Waals surface area contributed by atoms with Gasteiger partial charge in [-0.15, -0.1) is 0 Å². The summed E-state index contributed by atoms with van der Waals surface area (Å²) in [7, 11) is 0. The molecule has 3 aliphatic rings. The van der Waals surface area contributed by atoms with Gasteiger partial charge in [-0.05, 0) is 37.8 Å². The molecule has 22 heavy (non-hydrogen) atoms. The number of aliphatic hydroxyl groups is 1. The second kappa shape index (κ2) is 5.18.